The van der Waals surface area contributed by atoms with Gasteiger partial charge in [0.05, 0.1) is 12.2 Å². The van der Waals surface area contributed by atoms with Gasteiger partial charge in [-0.25, -0.2) is 0 Å². The summed E-state index contributed by atoms with van der Waals surface area (Å²) < 4.78 is 6.05. The molecular formula is C11H21NOS. The average Bonchev–Trinajstić information content (AvgIpc) is 2.66. The van der Waals surface area contributed by atoms with Crippen molar-refractivity contribution in [2.75, 3.05) is 24.7 Å². The molecule has 2 aliphatic rings. The number of hydrogen-bond donors (Lipinski definition) is 1. The highest BCUT2D eigenvalue weighted by molar-refractivity contribution is 7.99. The molecule has 2 heterocycles. The van der Waals surface area contributed by atoms with Crippen molar-refractivity contribution in [3.8, 4) is 0 Å². The molecule has 2 rings (SSSR count). The smallest absolute Gasteiger partial charge is 0.0932 e. The molecule has 2 unspecified atom stereocenters. The summed E-state index contributed by atoms with van der Waals surface area (Å²) in [5.41, 5.74) is 0.193. The van der Waals surface area contributed by atoms with E-state index in [1.54, 1.807) is 0 Å². The van der Waals surface area contributed by atoms with Gasteiger partial charge in [-0.3, -0.25) is 0 Å². The van der Waals surface area contributed by atoms with Crippen LogP contribution in [0.5, 0.6) is 0 Å². The fourth-order valence-corrected chi connectivity index (χ4v) is 3.91. The maximum absolute atomic E-state index is 6.05. The molecule has 0 saturated carbocycles. The van der Waals surface area contributed by atoms with Crippen molar-refractivity contribution >= 4 is 11.8 Å². The Balaban J connectivity index is 1.95. The van der Waals surface area contributed by atoms with Crippen LogP contribution in [0.1, 0.15) is 32.6 Å². The Kier molecular flexibility index (Phi) is 3.74. The van der Waals surface area contributed by atoms with E-state index in [-0.39, 0.29) is 5.60 Å². The second-order valence-electron chi connectivity index (χ2n) is 4.36. The molecule has 0 aromatic heterocycles. The van der Waals surface area contributed by atoms with Crippen LogP contribution in [0.4, 0.5) is 0 Å². The Morgan fingerprint density at radius 3 is 3.21 bits per heavy atom. The van der Waals surface area contributed by atoms with E-state index in [1.165, 1.54) is 37.2 Å². The van der Waals surface area contributed by atoms with Crippen LogP contribution in [-0.4, -0.2) is 36.3 Å². The van der Waals surface area contributed by atoms with Crippen LogP contribution in [0.15, 0.2) is 0 Å². The zero-order chi connectivity index (χ0) is 9.86. The zero-order valence-corrected chi connectivity index (χ0v) is 9.87. The van der Waals surface area contributed by atoms with Gasteiger partial charge in [-0.05, 0) is 18.6 Å². The van der Waals surface area contributed by atoms with Crippen molar-refractivity contribution in [1.29, 1.82) is 0 Å². The highest BCUT2D eigenvalue weighted by Gasteiger charge is 2.44. The first-order chi connectivity index (χ1) is 6.87. The van der Waals surface area contributed by atoms with Gasteiger partial charge in [0, 0.05) is 18.3 Å². The van der Waals surface area contributed by atoms with Crippen molar-refractivity contribution in [3.05, 3.63) is 0 Å². The molecule has 2 aliphatic heterocycles. The summed E-state index contributed by atoms with van der Waals surface area (Å²) >= 11 is 2.05. The summed E-state index contributed by atoms with van der Waals surface area (Å²) in [6.07, 6.45) is 5.16. The van der Waals surface area contributed by atoms with Gasteiger partial charge in [-0.2, -0.15) is 11.8 Å². The molecule has 0 amide bonds. The van der Waals surface area contributed by atoms with Crippen LogP contribution < -0.4 is 5.32 Å². The predicted octanol–water partition coefficient (Wildman–Crippen LogP) is 2.04. The summed E-state index contributed by atoms with van der Waals surface area (Å²) in [5, 5.41) is 3.65. The van der Waals surface area contributed by atoms with E-state index in [4.69, 9.17) is 4.74 Å². The molecule has 0 aromatic rings. The normalized spacial score (nSPS) is 37.9. The van der Waals surface area contributed by atoms with Gasteiger partial charge in [0.2, 0.25) is 0 Å². The lowest BCUT2D eigenvalue weighted by molar-refractivity contribution is -0.0804. The van der Waals surface area contributed by atoms with E-state index in [9.17, 15) is 0 Å². The number of unbranched alkanes of at least 4 members (excludes halogenated alkanes) is 1. The standard InChI is InChI=1S/C11H21NOS/c1-2-3-4-10-11(5-8-14-9-11)13-7-6-12-10/h10,12H,2-9H2,1H3. The van der Waals surface area contributed by atoms with Crippen LogP contribution in [0, 0.1) is 0 Å². The number of hydrogen-bond acceptors (Lipinski definition) is 3. The molecule has 82 valence electrons. The Morgan fingerprint density at radius 1 is 1.57 bits per heavy atom. The molecule has 0 radical (unpaired) electrons. The highest BCUT2D eigenvalue weighted by Crippen LogP contribution is 2.37. The van der Waals surface area contributed by atoms with Crippen molar-refractivity contribution in [2.24, 2.45) is 0 Å². The predicted molar refractivity (Wildman–Crippen MR) is 61.9 cm³/mol. The first-order valence-corrected chi connectivity index (χ1v) is 6.98. The van der Waals surface area contributed by atoms with Crippen molar-refractivity contribution in [2.45, 2.75) is 44.2 Å². The Bertz CT molecular complexity index is 180. The SMILES string of the molecule is CCCCC1NCCOC12CCSC2. The third-order valence-electron chi connectivity index (χ3n) is 3.38. The van der Waals surface area contributed by atoms with Crippen LogP contribution >= 0.6 is 11.8 Å². The monoisotopic (exact) mass is 215 g/mol. The molecule has 2 nitrogen and oxygen atoms in total. The number of nitrogens with one attached hydrogen (secondary N) is 1. The Morgan fingerprint density at radius 2 is 2.50 bits per heavy atom. The van der Waals surface area contributed by atoms with E-state index < -0.39 is 0 Å². The van der Waals surface area contributed by atoms with Gasteiger partial charge in [-0.15, -0.1) is 0 Å². The molecule has 2 atom stereocenters. The third kappa shape index (κ3) is 2.10. The summed E-state index contributed by atoms with van der Waals surface area (Å²) in [6, 6.07) is 0.617. The van der Waals surface area contributed by atoms with Gasteiger partial charge >= 0.3 is 0 Å². The number of rotatable bonds is 3. The molecular weight excluding hydrogens is 194 g/mol. The molecule has 3 heteroatoms. The topological polar surface area (TPSA) is 21.3 Å². The summed E-state index contributed by atoms with van der Waals surface area (Å²) in [5.74, 6) is 2.48. The van der Waals surface area contributed by atoms with Gasteiger partial charge < -0.3 is 10.1 Å². The summed E-state index contributed by atoms with van der Waals surface area (Å²) in [7, 11) is 0. The fourth-order valence-electron chi connectivity index (χ4n) is 2.50. The van der Waals surface area contributed by atoms with Crippen LogP contribution in [-0.2, 0) is 4.74 Å². The van der Waals surface area contributed by atoms with Crippen molar-refractivity contribution in [1.82, 2.24) is 5.32 Å². The summed E-state index contributed by atoms with van der Waals surface area (Å²) in [6.45, 7) is 4.21. The molecule has 2 fully saturated rings. The average molecular weight is 215 g/mol. The maximum Gasteiger partial charge on any atom is 0.0932 e. The van der Waals surface area contributed by atoms with E-state index >= 15 is 0 Å². The highest BCUT2D eigenvalue weighted by atomic mass is 32.2. The van der Waals surface area contributed by atoms with Crippen LogP contribution in [0.2, 0.25) is 0 Å². The van der Waals surface area contributed by atoms with Crippen molar-refractivity contribution < 1.29 is 4.74 Å². The zero-order valence-electron chi connectivity index (χ0n) is 9.05. The first kappa shape index (κ1) is 10.8. The molecule has 0 aliphatic carbocycles. The second kappa shape index (κ2) is 4.86. The largest absolute Gasteiger partial charge is 0.371 e. The molecule has 14 heavy (non-hydrogen) atoms. The quantitative estimate of drug-likeness (QED) is 0.778. The Labute approximate surface area is 91.2 Å². The molecule has 2 saturated heterocycles. The minimum Gasteiger partial charge on any atom is -0.371 e. The lowest BCUT2D eigenvalue weighted by Crippen LogP contribution is -2.58. The van der Waals surface area contributed by atoms with E-state index in [0.717, 1.165) is 13.2 Å². The second-order valence-corrected chi connectivity index (χ2v) is 5.47. The minimum atomic E-state index is 0.193. The van der Waals surface area contributed by atoms with Gasteiger partial charge in [0.15, 0.2) is 0 Å². The lowest BCUT2D eigenvalue weighted by atomic mass is 9.88. The number of morpholine rings is 1. The van der Waals surface area contributed by atoms with Gasteiger partial charge in [0.25, 0.3) is 0 Å². The fraction of sp³-hybridized carbons (Fsp3) is 1.00. The molecule has 1 spiro atoms. The van der Waals surface area contributed by atoms with Gasteiger partial charge in [-0.1, -0.05) is 19.8 Å². The number of thioether (sulfide) groups is 1. The maximum atomic E-state index is 6.05. The van der Waals surface area contributed by atoms with Crippen LogP contribution in [0.3, 0.4) is 0 Å². The minimum absolute atomic E-state index is 0.193. The van der Waals surface area contributed by atoms with E-state index in [2.05, 4.69) is 24.0 Å². The molecule has 0 bridgehead atoms. The molecule has 0 aromatic carbocycles. The lowest BCUT2D eigenvalue weighted by Gasteiger charge is -2.41. The van der Waals surface area contributed by atoms with Crippen molar-refractivity contribution in [3.63, 3.8) is 0 Å². The first-order valence-electron chi connectivity index (χ1n) is 5.82. The van der Waals surface area contributed by atoms with Crippen LogP contribution in [0.25, 0.3) is 0 Å². The molecule has 1 N–H and O–H groups in total. The van der Waals surface area contributed by atoms with E-state index in [1.807, 2.05) is 0 Å². The Hall–Kier alpha value is 0.270. The summed E-state index contributed by atoms with van der Waals surface area (Å²) in [4.78, 5) is 0. The van der Waals surface area contributed by atoms with E-state index in [0.29, 0.717) is 6.04 Å². The van der Waals surface area contributed by atoms with Gasteiger partial charge in [0.1, 0.15) is 0 Å². The third-order valence-corrected chi connectivity index (χ3v) is 4.57. The number of ether oxygens (including phenoxy) is 1.